The lowest BCUT2D eigenvalue weighted by Crippen LogP contribution is -2.19. The lowest BCUT2D eigenvalue weighted by atomic mass is 10.2. The number of anilines is 1. The van der Waals surface area contributed by atoms with E-state index in [0.29, 0.717) is 24.1 Å². The van der Waals surface area contributed by atoms with Gasteiger partial charge in [0.15, 0.2) is 11.9 Å². The third-order valence-corrected chi connectivity index (χ3v) is 3.33. The van der Waals surface area contributed by atoms with Crippen molar-refractivity contribution in [1.29, 1.82) is 0 Å². The molecule has 1 saturated heterocycles. The van der Waals surface area contributed by atoms with Crippen LogP contribution in [0.5, 0.6) is 6.01 Å². The Morgan fingerprint density at radius 3 is 3.10 bits per heavy atom. The van der Waals surface area contributed by atoms with Crippen molar-refractivity contribution in [2.45, 2.75) is 38.8 Å². The second-order valence-corrected chi connectivity index (χ2v) is 4.89. The van der Waals surface area contributed by atoms with Crippen molar-refractivity contribution in [3.63, 3.8) is 0 Å². The Kier molecular flexibility index (Phi) is 3.68. The highest BCUT2D eigenvalue weighted by molar-refractivity contribution is 5.85. The normalized spacial score (nSPS) is 19.4. The Hall–Kier alpha value is -1.89. The van der Waals surface area contributed by atoms with Gasteiger partial charge in [-0.25, -0.2) is 4.68 Å². The molecule has 108 valence electrons. The second kappa shape index (κ2) is 5.62. The maximum atomic E-state index is 5.95. The Morgan fingerprint density at radius 2 is 2.35 bits per heavy atom. The largest absolute Gasteiger partial charge is 0.463 e. The molecule has 0 radical (unpaired) electrons. The van der Waals surface area contributed by atoms with E-state index in [1.807, 2.05) is 6.92 Å². The van der Waals surface area contributed by atoms with E-state index in [1.54, 1.807) is 10.9 Å². The first-order valence-electron chi connectivity index (χ1n) is 7.04. The zero-order valence-corrected chi connectivity index (χ0v) is 11.6. The molecule has 3 heterocycles. The Labute approximate surface area is 117 Å². The van der Waals surface area contributed by atoms with Crippen molar-refractivity contribution >= 4 is 16.9 Å². The van der Waals surface area contributed by atoms with E-state index in [1.165, 1.54) is 0 Å². The molecule has 0 unspecified atom stereocenters. The van der Waals surface area contributed by atoms with E-state index in [2.05, 4.69) is 15.1 Å². The minimum Gasteiger partial charge on any atom is -0.463 e. The van der Waals surface area contributed by atoms with Crippen molar-refractivity contribution in [1.82, 2.24) is 19.7 Å². The molecule has 1 atom stereocenters. The number of aromatic nitrogens is 4. The van der Waals surface area contributed by atoms with Gasteiger partial charge in [0, 0.05) is 6.61 Å². The molecule has 2 N–H and O–H groups in total. The zero-order valence-electron chi connectivity index (χ0n) is 11.6. The minimum absolute atomic E-state index is 0.0745. The third-order valence-electron chi connectivity index (χ3n) is 3.33. The quantitative estimate of drug-likeness (QED) is 0.918. The summed E-state index contributed by atoms with van der Waals surface area (Å²) in [5, 5.41) is 5.09. The highest BCUT2D eigenvalue weighted by Gasteiger charge is 2.21. The summed E-state index contributed by atoms with van der Waals surface area (Å²) in [6.45, 7) is 3.35. The predicted molar refractivity (Wildman–Crippen MR) is 74.4 cm³/mol. The van der Waals surface area contributed by atoms with Gasteiger partial charge in [0.1, 0.15) is 5.82 Å². The minimum atomic E-state index is -0.0745. The maximum absolute atomic E-state index is 5.95. The number of fused-ring (bicyclic) bond motifs is 1. The SMILES string of the molecule is CCCOc1nc(N)c2cnn([C@H]3CCCCO3)c2n1. The fourth-order valence-electron chi connectivity index (χ4n) is 2.31. The van der Waals surface area contributed by atoms with E-state index in [4.69, 9.17) is 15.2 Å². The van der Waals surface area contributed by atoms with Crippen LogP contribution in [0.3, 0.4) is 0 Å². The summed E-state index contributed by atoms with van der Waals surface area (Å²) < 4.78 is 13.0. The van der Waals surface area contributed by atoms with Gasteiger partial charge in [0.05, 0.1) is 18.2 Å². The summed E-state index contributed by atoms with van der Waals surface area (Å²) in [5.74, 6) is 0.392. The van der Waals surface area contributed by atoms with Gasteiger partial charge in [0.25, 0.3) is 0 Å². The van der Waals surface area contributed by atoms with Crippen molar-refractivity contribution in [2.75, 3.05) is 18.9 Å². The number of ether oxygens (including phenoxy) is 2. The van der Waals surface area contributed by atoms with Gasteiger partial charge >= 0.3 is 6.01 Å². The summed E-state index contributed by atoms with van der Waals surface area (Å²) in [6, 6.07) is 0.300. The molecule has 0 bridgehead atoms. The average Bonchev–Trinajstić information content (AvgIpc) is 2.90. The number of nitrogens with two attached hydrogens (primary N) is 1. The standard InChI is InChI=1S/C13H19N5O2/c1-2-6-20-13-16-11(14)9-8-15-18(12(9)17-13)10-5-3-4-7-19-10/h8,10H,2-7H2,1H3,(H2,14,16,17)/t10-/m1/s1. The molecule has 0 amide bonds. The fourth-order valence-corrected chi connectivity index (χ4v) is 2.31. The first-order chi connectivity index (χ1) is 9.79. The smallest absolute Gasteiger partial charge is 0.320 e. The summed E-state index contributed by atoms with van der Waals surface area (Å²) in [5.41, 5.74) is 6.62. The van der Waals surface area contributed by atoms with Gasteiger partial charge in [0.2, 0.25) is 0 Å². The molecular formula is C13H19N5O2. The maximum Gasteiger partial charge on any atom is 0.320 e. The topological polar surface area (TPSA) is 88.1 Å². The first-order valence-corrected chi connectivity index (χ1v) is 7.04. The van der Waals surface area contributed by atoms with Gasteiger partial charge in [-0.2, -0.15) is 15.1 Å². The molecular weight excluding hydrogens is 258 g/mol. The van der Waals surface area contributed by atoms with Crippen LogP contribution in [0.25, 0.3) is 11.0 Å². The van der Waals surface area contributed by atoms with Crippen molar-refractivity contribution in [3.8, 4) is 6.01 Å². The molecule has 1 aliphatic rings. The predicted octanol–water partition coefficient (Wildman–Crippen LogP) is 1.90. The Bertz CT molecular complexity index is 592. The molecule has 7 heteroatoms. The van der Waals surface area contributed by atoms with Gasteiger partial charge < -0.3 is 15.2 Å². The van der Waals surface area contributed by atoms with Crippen LogP contribution < -0.4 is 10.5 Å². The molecule has 20 heavy (non-hydrogen) atoms. The lowest BCUT2D eigenvalue weighted by molar-refractivity contribution is -0.0370. The van der Waals surface area contributed by atoms with Crippen molar-refractivity contribution in [2.24, 2.45) is 0 Å². The molecule has 0 aromatic carbocycles. The monoisotopic (exact) mass is 277 g/mol. The number of rotatable bonds is 4. The molecule has 7 nitrogen and oxygen atoms in total. The van der Waals surface area contributed by atoms with Crippen molar-refractivity contribution in [3.05, 3.63) is 6.20 Å². The second-order valence-electron chi connectivity index (χ2n) is 4.89. The van der Waals surface area contributed by atoms with Crippen LogP contribution in [0.15, 0.2) is 6.20 Å². The number of hydrogen-bond acceptors (Lipinski definition) is 6. The number of hydrogen-bond donors (Lipinski definition) is 1. The fraction of sp³-hybridized carbons (Fsp3) is 0.615. The summed E-state index contributed by atoms with van der Waals surface area (Å²) in [4.78, 5) is 8.56. The molecule has 2 aromatic heterocycles. The zero-order chi connectivity index (χ0) is 13.9. The van der Waals surface area contributed by atoms with Crippen LogP contribution in [0, 0.1) is 0 Å². The highest BCUT2D eigenvalue weighted by atomic mass is 16.5. The van der Waals surface area contributed by atoms with Crippen LogP contribution in [0.4, 0.5) is 5.82 Å². The number of nitrogen functional groups attached to an aromatic ring is 1. The molecule has 0 aliphatic carbocycles. The van der Waals surface area contributed by atoms with Crippen LogP contribution in [-0.2, 0) is 4.74 Å². The van der Waals surface area contributed by atoms with Crippen LogP contribution in [0.2, 0.25) is 0 Å². The molecule has 1 aliphatic heterocycles. The highest BCUT2D eigenvalue weighted by Crippen LogP contribution is 2.27. The average molecular weight is 277 g/mol. The Balaban J connectivity index is 1.98. The van der Waals surface area contributed by atoms with Gasteiger partial charge in [-0.15, -0.1) is 0 Å². The van der Waals surface area contributed by atoms with E-state index in [9.17, 15) is 0 Å². The summed E-state index contributed by atoms with van der Waals surface area (Å²) in [6.07, 6.45) is 5.67. The molecule has 0 saturated carbocycles. The third kappa shape index (κ3) is 2.40. The van der Waals surface area contributed by atoms with E-state index >= 15 is 0 Å². The first kappa shape index (κ1) is 13.1. The van der Waals surface area contributed by atoms with Gasteiger partial charge in [-0.3, -0.25) is 0 Å². The molecule has 0 spiro atoms. The van der Waals surface area contributed by atoms with Crippen LogP contribution >= 0.6 is 0 Å². The van der Waals surface area contributed by atoms with Gasteiger partial charge in [-0.1, -0.05) is 6.92 Å². The van der Waals surface area contributed by atoms with E-state index in [-0.39, 0.29) is 6.23 Å². The Morgan fingerprint density at radius 1 is 1.45 bits per heavy atom. The van der Waals surface area contributed by atoms with E-state index < -0.39 is 0 Å². The lowest BCUT2D eigenvalue weighted by Gasteiger charge is -2.23. The molecule has 3 rings (SSSR count). The van der Waals surface area contributed by atoms with Crippen molar-refractivity contribution < 1.29 is 9.47 Å². The van der Waals surface area contributed by atoms with Crippen LogP contribution in [-0.4, -0.2) is 33.0 Å². The molecule has 1 fully saturated rings. The summed E-state index contributed by atoms with van der Waals surface area (Å²) >= 11 is 0. The van der Waals surface area contributed by atoms with Gasteiger partial charge in [-0.05, 0) is 25.7 Å². The summed E-state index contributed by atoms with van der Waals surface area (Å²) in [7, 11) is 0. The van der Waals surface area contributed by atoms with E-state index in [0.717, 1.165) is 37.7 Å². The molecule has 2 aromatic rings. The number of nitrogens with zero attached hydrogens (tertiary/aromatic N) is 4. The van der Waals surface area contributed by atoms with Crippen LogP contribution in [0.1, 0.15) is 38.8 Å².